The monoisotopic (exact) mass is 225 g/mol. The van der Waals surface area contributed by atoms with Gasteiger partial charge >= 0.3 is 0 Å². The van der Waals surface area contributed by atoms with E-state index in [-0.39, 0.29) is 0 Å². The lowest BCUT2D eigenvalue weighted by molar-refractivity contribution is 0.105. The van der Waals surface area contributed by atoms with Crippen LogP contribution in [0.5, 0.6) is 0 Å². The van der Waals surface area contributed by atoms with Crippen LogP contribution in [0.3, 0.4) is 0 Å². The zero-order chi connectivity index (χ0) is 11.4. The fourth-order valence-electron chi connectivity index (χ4n) is 3.52. The molecule has 2 rings (SSSR count). The number of hydrogen-bond donors (Lipinski definition) is 1. The first-order chi connectivity index (χ1) is 7.83. The van der Waals surface area contributed by atoms with Crippen LogP contribution in [0.25, 0.3) is 0 Å². The molecular formula is C14H27NO. The van der Waals surface area contributed by atoms with Crippen LogP contribution in [0.1, 0.15) is 58.3 Å². The van der Waals surface area contributed by atoms with E-state index in [9.17, 15) is 0 Å². The van der Waals surface area contributed by atoms with Gasteiger partial charge in [0.05, 0.1) is 6.10 Å². The SMILES string of the molecule is CCC1CCCCC1NC1CCC(OC)C1. The van der Waals surface area contributed by atoms with Gasteiger partial charge in [-0.25, -0.2) is 0 Å². The van der Waals surface area contributed by atoms with E-state index in [0.717, 1.165) is 18.0 Å². The summed E-state index contributed by atoms with van der Waals surface area (Å²) in [4.78, 5) is 0. The van der Waals surface area contributed by atoms with Gasteiger partial charge in [-0.3, -0.25) is 0 Å². The van der Waals surface area contributed by atoms with Gasteiger partial charge in [-0.05, 0) is 38.0 Å². The van der Waals surface area contributed by atoms with Crippen molar-refractivity contribution in [1.82, 2.24) is 5.32 Å². The molecule has 2 nitrogen and oxygen atoms in total. The van der Waals surface area contributed by atoms with E-state index >= 15 is 0 Å². The van der Waals surface area contributed by atoms with Crippen LogP contribution in [0, 0.1) is 5.92 Å². The summed E-state index contributed by atoms with van der Waals surface area (Å²) in [7, 11) is 1.85. The van der Waals surface area contributed by atoms with Crippen molar-refractivity contribution >= 4 is 0 Å². The molecule has 0 amide bonds. The molecule has 0 aliphatic heterocycles. The molecule has 16 heavy (non-hydrogen) atoms. The third-order valence-electron chi connectivity index (χ3n) is 4.60. The van der Waals surface area contributed by atoms with Crippen molar-refractivity contribution in [1.29, 1.82) is 0 Å². The van der Waals surface area contributed by atoms with Crippen molar-refractivity contribution in [3.05, 3.63) is 0 Å². The van der Waals surface area contributed by atoms with E-state index in [0.29, 0.717) is 6.10 Å². The van der Waals surface area contributed by atoms with E-state index in [1.807, 2.05) is 7.11 Å². The van der Waals surface area contributed by atoms with E-state index in [1.54, 1.807) is 0 Å². The number of rotatable bonds is 4. The Morgan fingerprint density at radius 2 is 1.94 bits per heavy atom. The molecule has 94 valence electrons. The highest BCUT2D eigenvalue weighted by Crippen LogP contribution is 2.29. The van der Waals surface area contributed by atoms with Crippen LogP contribution in [0.15, 0.2) is 0 Å². The molecule has 0 aromatic rings. The van der Waals surface area contributed by atoms with Gasteiger partial charge in [0.25, 0.3) is 0 Å². The van der Waals surface area contributed by atoms with Crippen molar-refractivity contribution in [2.45, 2.75) is 76.5 Å². The van der Waals surface area contributed by atoms with Crippen molar-refractivity contribution in [3.8, 4) is 0 Å². The molecule has 0 saturated heterocycles. The minimum atomic E-state index is 0.515. The Labute approximate surface area is 100 Å². The van der Waals surface area contributed by atoms with Crippen LogP contribution in [0.4, 0.5) is 0 Å². The summed E-state index contributed by atoms with van der Waals surface area (Å²) in [6, 6.07) is 1.52. The highest BCUT2D eigenvalue weighted by atomic mass is 16.5. The molecule has 4 unspecified atom stereocenters. The van der Waals surface area contributed by atoms with Gasteiger partial charge in [-0.2, -0.15) is 0 Å². The Bertz CT molecular complexity index is 207. The summed E-state index contributed by atoms with van der Waals surface area (Å²) in [5.41, 5.74) is 0. The molecule has 0 heterocycles. The standard InChI is InChI=1S/C14H27NO/c1-3-11-6-4-5-7-14(11)15-12-8-9-13(10-12)16-2/h11-15H,3-10H2,1-2H3. The fraction of sp³-hybridized carbons (Fsp3) is 1.00. The third kappa shape index (κ3) is 2.98. The molecule has 2 fully saturated rings. The number of nitrogens with one attached hydrogen (secondary N) is 1. The summed E-state index contributed by atoms with van der Waals surface area (Å²) < 4.78 is 5.44. The average molecular weight is 225 g/mol. The van der Waals surface area contributed by atoms with Crippen molar-refractivity contribution < 1.29 is 4.74 Å². The lowest BCUT2D eigenvalue weighted by atomic mass is 9.82. The summed E-state index contributed by atoms with van der Waals surface area (Å²) in [6.07, 6.45) is 11.4. The Morgan fingerprint density at radius 3 is 2.62 bits per heavy atom. The fourth-order valence-corrected chi connectivity index (χ4v) is 3.52. The largest absolute Gasteiger partial charge is 0.381 e. The van der Waals surface area contributed by atoms with Gasteiger partial charge in [0, 0.05) is 19.2 Å². The quantitative estimate of drug-likeness (QED) is 0.794. The molecule has 4 atom stereocenters. The van der Waals surface area contributed by atoms with Crippen molar-refractivity contribution in [2.75, 3.05) is 7.11 Å². The third-order valence-corrected chi connectivity index (χ3v) is 4.60. The predicted octanol–water partition coefficient (Wildman–Crippen LogP) is 3.11. The topological polar surface area (TPSA) is 21.3 Å². The smallest absolute Gasteiger partial charge is 0.0586 e. The van der Waals surface area contributed by atoms with Gasteiger partial charge in [0.1, 0.15) is 0 Å². The summed E-state index contributed by atoms with van der Waals surface area (Å²) >= 11 is 0. The van der Waals surface area contributed by atoms with E-state index in [1.165, 1.54) is 51.4 Å². The molecule has 0 spiro atoms. The molecule has 0 radical (unpaired) electrons. The number of methoxy groups -OCH3 is 1. The summed E-state index contributed by atoms with van der Waals surface area (Å²) in [6.45, 7) is 2.34. The molecule has 0 aromatic carbocycles. The van der Waals surface area contributed by atoms with E-state index < -0.39 is 0 Å². The maximum Gasteiger partial charge on any atom is 0.0586 e. The Morgan fingerprint density at radius 1 is 1.12 bits per heavy atom. The normalized spacial score (nSPS) is 40.1. The molecule has 2 aliphatic carbocycles. The van der Waals surface area contributed by atoms with Crippen molar-refractivity contribution in [2.24, 2.45) is 5.92 Å². The molecule has 2 aliphatic rings. The van der Waals surface area contributed by atoms with Crippen molar-refractivity contribution in [3.63, 3.8) is 0 Å². The Hall–Kier alpha value is -0.0800. The van der Waals surface area contributed by atoms with Crippen LogP contribution >= 0.6 is 0 Å². The van der Waals surface area contributed by atoms with Gasteiger partial charge in [0.15, 0.2) is 0 Å². The van der Waals surface area contributed by atoms with Gasteiger partial charge in [-0.1, -0.05) is 26.2 Å². The first kappa shape index (κ1) is 12.4. The molecule has 0 aromatic heterocycles. The highest BCUT2D eigenvalue weighted by Gasteiger charge is 2.30. The second kappa shape index (κ2) is 6.02. The Kier molecular flexibility index (Phi) is 4.66. The van der Waals surface area contributed by atoms with Crippen LogP contribution in [0.2, 0.25) is 0 Å². The zero-order valence-corrected chi connectivity index (χ0v) is 10.9. The van der Waals surface area contributed by atoms with Gasteiger partial charge in [-0.15, -0.1) is 0 Å². The molecule has 2 heteroatoms. The van der Waals surface area contributed by atoms with Gasteiger partial charge in [0.2, 0.25) is 0 Å². The highest BCUT2D eigenvalue weighted by molar-refractivity contribution is 4.87. The maximum atomic E-state index is 5.44. The number of hydrogen-bond acceptors (Lipinski definition) is 2. The first-order valence-electron chi connectivity index (χ1n) is 7.12. The summed E-state index contributed by atoms with van der Waals surface area (Å²) in [5.74, 6) is 0.926. The average Bonchev–Trinajstić information content (AvgIpc) is 2.77. The minimum Gasteiger partial charge on any atom is -0.381 e. The lowest BCUT2D eigenvalue weighted by Crippen LogP contribution is -2.43. The number of ether oxygens (including phenoxy) is 1. The van der Waals surface area contributed by atoms with E-state index in [4.69, 9.17) is 4.74 Å². The molecule has 1 N–H and O–H groups in total. The van der Waals surface area contributed by atoms with Crippen LogP contribution < -0.4 is 5.32 Å². The van der Waals surface area contributed by atoms with E-state index in [2.05, 4.69) is 12.2 Å². The maximum absolute atomic E-state index is 5.44. The molecule has 2 saturated carbocycles. The first-order valence-corrected chi connectivity index (χ1v) is 7.12. The predicted molar refractivity (Wildman–Crippen MR) is 67.6 cm³/mol. The second-order valence-electron chi connectivity index (χ2n) is 5.59. The van der Waals surface area contributed by atoms with Crippen LogP contribution in [-0.2, 0) is 4.74 Å². The Balaban J connectivity index is 1.79. The molecular weight excluding hydrogens is 198 g/mol. The second-order valence-corrected chi connectivity index (χ2v) is 5.59. The minimum absolute atomic E-state index is 0.515. The van der Waals surface area contributed by atoms with Gasteiger partial charge < -0.3 is 10.1 Å². The van der Waals surface area contributed by atoms with Crippen LogP contribution in [-0.4, -0.2) is 25.3 Å². The lowest BCUT2D eigenvalue weighted by Gasteiger charge is -2.34. The zero-order valence-electron chi connectivity index (χ0n) is 10.9. The summed E-state index contributed by atoms with van der Waals surface area (Å²) in [5, 5.41) is 3.90. The molecule has 0 bridgehead atoms.